The van der Waals surface area contributed by atoms with Crippen molar-refractivity contribution in [3.8, 4) is 0 Å². The molecule has 18 heavy (non-hydrogen) atoms. The lowest BCUT2D eigenvalue weighted by atomic mass is 10.0. The molecule has 0 spiro atoms. The van der Waals surface area contributed by atoms with Gasteiger partial charge < -0.3 is 16.4 Å². The van der Waals surface area contributed by atoms with Crippen LogP contribution in [0.25, 0.3) is 0 Å². The summed E-state index contributed by atoms with van der Waals surface area (Å²) in [4.78, 5) is 8.39. The lowest BCUT2D eigenvalue weighted by Gasteiger charge is -2.14. The third-order valence-electron chi connectivity index (χ3n) is 3.65. The molecule has 1 aliphatic rings. The number of anilines is 3. The van der Waals surface area contributed by atoms with Gasteiger partial charge in [0.15, 0.2) is 0 Å². The first-order valence-corrected chi connectivity index (χ1v) is 6.80. The fraction of sp³-hybridized carbons (Fsp3) is 0.692. The monoisotopic (exact) mass is 249 g/mol. The van der Waals surface area contributed by atoms with Gasteiger partial charge in [0.05, 0.1) is 0 Å². The lowest BCUT2D eigenvalue weighted by Crippen LogP contribution is -2.16. The van der Waals surface area contributed by atoms with Gasteiger partial charge in [-0.25, -0.2) is 0 Å². The Hall–Kier alpha value is -1.52. The van der Waals surface area contributed by atoms with Gasteiger partial charge in [0.25, 0.3) is 0 Å². The van der Waals surface area contributed by atoms with Gasteiger partial charge in [-0.2, -0.15) is 9.97 Å². The first kappa shape index (κ1) is 12.9. The van der Waals surface area contributed by atoms with Gasteiger partial charge in [-0.3, -0.25) is 0 Å². The number of nitrogens with two attached hydrogens (primary N) is 1. The van der Waals surface area contributed by atoms with E-state index in [1.807, 2.05) is 6.07 Å². The highest BCUT2D eigenvalue weighted by atomic mass is 15.1. The van der Waals surface area contributed by atoms with E-state index in [1.165, 1.54) is 19.3 Å². The molecule has 1 aliphatic carbocycles. The van der Waals surface area contributed by atoms with Crippen LogP contribution in [0.3, 0.4) is 0 Å². The highest BCUT2D eigenvalue weighted by Gasteiger charge is 2.40. The van der Waals surface area contributed by atoms with Gasteiger partial charge in [0.2, 0.25) is 5.95 Å². The van der Waals surface area contributed by atoms with Crippen LogP contribution in [0.15, 0.2) is 6.07 Å². The summed E-state index contributed by atoms with van der Waals surface area (Å²) in [6.07, 6.45) is 4.92. The molecule has 1 saturated carbocycles. The summed E-state index contributed by atoms with van der Waals surface area (Å²) >= 11 is 0. The molecular weight excluding hydrogens is 226 g/mol. The topological polar surface area (TPSA) is 75.9 Å². The van der Waals surface area contributed by atoms with E-state index in [0.29, 0.717) is 11.4 Å². The van der Waals surface area contributed by atoms with Crippen LogP contribution in [0.4, 0.5) is 17.6 Å². The minimum atomic E-state index is 0.319. The van der Waals surface area contributed by atoms with Gasteiger partial charge >= 0.3 is 0 Å². The van der Waals surface area contributed by atoms with Crippen molar-refractivity contribution >= 4 is 17.6 Å². The molecule has 4 N–H and O–H groups in total. The van der Waals surface area contributed by atoms with Crippen LogP contribution < -0.4 is 16.4 Å². The molecule has 1 aromatic rings. The summed E-state index contributed by atoms with van der Waals surface area (Å²) in [6, 6.07) is 1.93. The van der Waals surface area contributed by atoms with E-state index in [2.05, 4.69) is 34.4 Å². The zero-order valence-electron chi connectivity index (χ0n) is 11.3. The average molecular weight is 249 g/mol. The van der Waals surface area contributed by atoms with Crippen LogP contribution in [-0.4, -0.2) is 23.1 Å². The summed E-state index contributed by atoms with van der Waals surface area (Å²) in [5.74, 6) is 1.94. The van der Waals surface area contributed by atoms with Crippen molar-refractivity contribution < 1.29 is 0 Å². The van der Waals surface area contributed by atoms with Crippen molar-refractivity contribution in [2.24, 2.45) is 5.41 Å². The lowest BCUT2D eigenvalue weighted by molar-refractivity contribution is 0.521. The molecule has 1 heterocycles. The molecule has 0 atom stereocenters. The largest absolute Gasteiger partial charge is 0.370 e. The van der Waals surface area contributed by atoms with Crippen LogP contribution in [0.5, 0.6) is 0 Å². The molecule has 2 rings (SSSR count). The molecule has 5 heteroatoms. The van der Waals surface area contributed by atoms with Gasteiger partial charge in [-0.15, -0.1) is 0 Å². The Labute approximate surface area is 109 Å². The second kappa shape index (κ2) is 5.42. The number of rotatable bonds is 7. The Morgan fingerprint density at radius 2 is 1.89 bits per heavy atom. The van der Waals surface area contributed by atoms with Crippen LogP contribution in [-0.2, 0) is 0 Å². The van der Waals surface area contributed by atoms with Crippen molar-refractivity contribution in [1.82, 2.24) is 9.97 Å². The van der Waals surface area contributed by atoms with Crippen LogP contribution in [0, 0.1) is 5.41 Å². The number of aromatic nitrogens is 2. The number of nitrogen functional groups attached to an aromatic ring is 1. The summed E-state index contributed by atoms with van der Waals surface area (Å²) in [6.45, 7) is 6.24. The fourth-order valence-electron chi connectivity index (χ4n) is 2.01. The molecule has 100 valence electrons. The zero-order chi connectivity index (χ0) is 13.0. The Morgan fingerprint density at radius 3 is 2.44 bits per heavy atom. The quantitative estimate of drug-likeness (QED) is 0.692. The first-order chi connectivity index (χ1) is 8.67. The van der Waals surface area contributed by atoms with Crippen molar-refractivity contribution in [2.75, 3.05) is 29.5 Å². The molecule has 0 bridgehead atoms. The van der Waals surface area contributed by atoms with E-state index in [-0.39, 0.29) is 0 Å². The van der Waals surface area contributed by atoms with Crippen LogP contribution in [0.1, 0.15) is 39.5 Å². The van der Waals surface area contributed by atoms with E-state index < -0.39 is 0 Å². The highest BCUT2D eigenvalue weighted by molar-refractivity contribution is 5.51. The molecular formula is C13H23N5. The van der Waals surface area contributed by atoms with E-state index in [9.17, 15) is 0 Å². The molecule has 0 saturated heterocycles. The van der Waals surface area contributed by atoms with Crippen molar-refractivity contribution in [3.63, 3.8) is 0 Å². The molecule has 0 aliphatic heterocycles. The Balaban J connectivity index is 1.96. The van der Waals surface area contributed by atoms with Gasteiger partial charge in [0.1, 0.15) is 11.6 Å². The standard InChI is InChI=1S/C13H23N5/c1-3-7-15-10-8-11(18-12(14)17-10)16-9-13(4-2)5-6-13/h8H,3-7,9H2,1-2H3,(H4,14,15,16,17,18). The van der Waals surface area contributed by atoms with Crippen molar-refractivity contribution in [3.05, 3.63) is 6.07 Å². The summed E-state index contributed by atoms with van der Waals surface area (Å²) in [5.41, 5.74) is 6.21. The Bertz CT molecular complexity index is 400. The number of hydrogen-bond acceptors (Lipinski definition) is 5. The fourth-order valence-corrected chi connectivity index (χ4v) is 2.01. The van der Waals surface area contributed by atoms with E-state index >= 15 is 0 Å². The van der Waals surface area contributed by atoms with Crippen LogP contribution in [0.2, 0.25) is 0 Å². The minimum Gasteiger partial charge on any atom is -0.370 e. The second-order valence-electron chi connectivity index (χ2n) is 5.13. The molecule has 5 nitrogen and oxygen atoms in total. The minimum absolute atomic E-state index is 0.319. The van der Waals surface area contributed by atoms with Gasteiger partial charge in [-0.05, 0) is 31.1 Å². The van der Waals surface area contributed by atoms with Crippen molar-refractivity contribution in [1.29, 1.82) is 0 Å². The first-order valence-electron chi connectivity index (χ1n) is 6.80. The number of nitrogens with zero attached hydrogens (tertiary/aromatic N) is 2. The molecule has 0 unspecified atom stereocenters. The molecule has 0 amide bonds. The van der Waals surface area contributed by atoms with Crippen molar-refractivity contribution in [2.45, 2.75) is 39.5 Å². The SMILES string of the molecule is CCCNc1cc(NCC2(CC)CC2)nc(N)n1. The maximum absolute atomic E-state index is 5.72. The molecule has 1 fully saturated rings. The zero-order valence-corrected chi connectivity index (χ0v) is 11.3. The number of hydrogen-bond donors (Lipinski definition) is 3. The summed E-state index contributed by atoms with van der Waals surface area (Å²) in [7, 11) is 0. The smallest absolute Gasteiger partial charge is 0.223 e. The highest BCUT2D eigenvalue weighted by Crippen LogP contribution is 2.48. The van der Waals surface area contributed by atoms with Gasteiger partial charge in [0, 0.05) is 19.2 Å². The second-order valence-corrected chi connectivity index (χ2v) is 5.13. The van der Waals surface area contributed by atoms with E-state index in [1.54, 1.807) is 0 Å². The predicted octanol–water partition coefficient (Wildman–Crippen LogP) is 2.48. The Morgan fingerprint density at radius 1 is 1.22 bits per heavy atom. The Kier molecular flexibility index (Phi) is 3.89. The van der Waals surface area contributed by atoms with Gasteiger partial charge in [-0.1, -0.05) is 13.8 Å². The predicted molar refractivity (Wildman–Crippen MR) is 75.7 cm³/mol. The summed E-state index contributed by atoms with van der Waals surface area (Å²) < 4.78 is 0. The normalized spacial score (nSPS) is 16.3. The van der Waals surface area contributed by atoms with E-state index in [0.717, 1.165) is 31.1 Å². The van der Waals surface area contributed by atoms with Crippen LogP contribution >= 0.6 is 0 Å². The molecule has 0 radical (unpaired) electrons. The molecule has 1 aromatic heterocycles. The maximum atomic E-state index is 5.72. The third kappa shape index (κ3) is 3.24. The van der Waals surface area contributed by atoms with E-state index in [4.69, 9.17) is 5.73 Å². The average Bonchev–Trinajstić information content (AvgIpc) is 3.14. The summed E-state index contributed by atoms with van der Waals surface area (Å²) in [5, 5.41) is 6.62. The molecule has 0 aromatic carbocycles. The number of nitrogens with one attached hydrogen (secondary N) is 2. The maximum Gasteiger partial charge on any atom is 0.223 e. The third-order valence-corrected chi connectivity index (χ3v) is 3.65.